The zero-order valence-electron chi connectivity index (χ0n) is 7.78. The normalized spacial score (nSPS) is 11.9. The van der Waals surface area contributed by atoms with Crippen LogP contribution in [0.25, 0.3) is 0 Å². The summed E-state index contributed by atoms with van der Waals surface area (Å²) in [6, 6.07) is 0. The summed E-state index contributed by atoms with van der Waals surface area (Å²) in [6.07, 6.45) is 2.64. The number of aryl methyl sites for hydroxylation is 1. The van der Waals surface area contributed by atoms with E-state index in [1.165, 1.54) is 0 Å². The Kier molecular flexibility index (Phi) is 2.75. The lowest BCUT2D eigenvalue weighted by Gasteiger charge is -2.23. The Morgan fingerprint density at radius 1 is 1.50 bits per heavy atom. The van der Waals surface area contributed by atoms with Gasteiger partial charge < -0.3 is 5.32 Å². The molecule has 0 aromatic carbocycles. The third-order valence-electron chi connectivity index (χ3n) is 2.03. The maximum absolute atomic E-state index is 3.78. The molecule has 1 aromatic heterocycles. The molecule has 0 saturated carbocycles. The van der Waals surface area contributed by atoms with Crippen LogP contribution in [0, 0.1) is 0 Å². The van der Waals surface area contributed by atoms with Gasteiger partial charge in [-0.05, 0) is 37.7 Å². The molecule has 0 bridgehead atoms. The van der Waals surface area contributed by atoms with Crippen molar-refractivity contribution in [2.75, 3.05) is 7.05 Å². The molecule has 68 valence electrons. The highest BCUT2D eigenvalue weighted by Crippen LogP contribution is 2.07. The van der Waals surface area contributed by atoms with Gasteiger partial charge in [0.05, 0.1) is 0 Å². The summed E-state index contributed by atoms with van der Waals surface area (Å²) in [6.45, 7) is 5.15. The fourth-order valence-corrected chi connectivity index (χ4v) is 0.802. The minimum Gasteiger partial charge on any atom is -0.315 e. The maximum atomic E-state index is 3.78. The fourth-order valence-electron chi connectivity index (χ4n) is 0.802. The number of aromatic nitrogens is 4. The third kappa shape index (κ3) is 2.58. The van der Waals surface area contributed by atoms with E-state index in [2.05, 4.69) is 34.7 Å². The topological polar surface area (TPSA) is 55.6 Å². The van der Waals surface area contributed by atoms with Gasteiger partial charge in [0.25, 0.3) is 0 Å². The van der Waals surface area contributed by atoms with Crippen molar-refractivity contribution in [2.45, 2.75) is 32.4 Å². The molecule has 0 aliphatic rings. The van der Waals surface area contributed by atoms with Gasteiger partial charge in [0.1, 0.15) is 6.33 Å². The molecule has 5 heteroatoms. The highest BCUT2D eigenvalue weighted by atomic mass is 15.5. The SMILES string of the molecule is CNC(C)(C)CCn1cnnn1. The van der Waals surface area contributed by atoms with Crippen molar-refractivity contribution < 1.29 is 0 Å². The molecule has 0 radical (unpaired) electrons. The van der Waals surface area contributed by atoms with Gasteiger partial charge in [0.15, 0.2) is 0 Å². The van der Waals surface area contributed by atoms with E-state index in [0.717, 1.165) is 13.0 Å². The minimum absolute atomic E-state index is 0.145. The first-order chi connectivity index (χ1) is 5.64. The quantitative estimate of drug-likeness (QED) is 0.692. The van der Waals surface area contributed by atoms with Crippen LogP contribution in [-0.2, 0) is 6.54 Å². The second-order valence-electron chi connectivity index (χ2n) is 3.46. The number of hydrogen-bond acceptors (Lipinski definition) is 4. The lowest BCUT2D eigenvalue weighted by atomic mass is 10.0. The van der Waals surface area contributed by atoms with Gasteiger partial charge in [-0.3, -0.25) is 0 Å². The largest absolute Gasteiger partial charge is 0.315 e. The summed E-state index contributed by atoms with van der Waals surface area (Å²) in [5.41, 5.74) is 0.145. The van der Waals surface area contributed by atoms with Gasteiger partial charge in [-0.2, -0.15) is 0 Å². The van der Waals surface area contributed by atoms with Crippen molar-refractivity contribution in [2.24, 2.45) is 0 Å². The van der Waals surface area contributed by atoms with Gasteiger partial charge >= 0.3 is 0 Å². The van der Waals surface area contributed by atoms with E-state index in [0.29, 0.717) is 0 Å². The first-order valence-corrected chi connectivity index (χ1v) is 4.04. The number of rotatable bonds is 4. The number of nitrogens with one attached hydrogen (secondary N) is 1. The zero-order valence-corrected chi connectivity index (χ0v) is 7.78. The van der Waals surface area contributed by atoms with Gasteiger partial charge in [-0.1, -0.05) is 0 Å². The molecule has 1 rings (SSSR count). The summed E-state index contributed by atoms with van der Waals surface area (Å²) in [5.74, 6) is 0. The van der Waals surface area contributed by atoms with Crippen molar-refractivity contribution in [3.63, 3.8) is 0 Å². The molecule has 0 atom stereocenters. The molecule has 0 saturated heterocycles. The van der Waals surface area contributed by atoms with Gasteiger partial charge in [-0.15, -0.1) is 5.10 Å². The molecule has 0 fully saturated rings. The van der Waals surface area contributed by atoms with Crippen molar-refractivity contribution in [1.29, 1.82) is 0 Å². The van der Waals surface area contributed by atoms with Crippen LogP contribution in [-0.4, -0.2) is 32.8 Å². The first-order valence-electron chi connectivity index (χ1n) is 4.04. The molecule has 0 aliphatic carbocycles. The minimum atomic E-state index is 0.145. The monoisotopic (exact) mass is 169 g/mol. The third-order valence-corrected chi connectivity index (χ3v) is 2.03. The van der Waals surface area contributed by atoms with E-state index < -0.39 is 0 Å². The average molecular weight is 169 g/mol. The predicted molar refractivity (Wildman–Crippen MR) is 45.6 cm³/mol. The lowest BCUT2D eigenvalue weighted by molar-refractivity contribution is 0.356. The number of hydrogen-bond donors (Lipinski definition) is 1. The molecule has 0 amide bonds. The molecule has 1 heterocycles. The Morgan fingerprint density at radius 3 is 2.75 bits per heavy atom. The van der Waals surface area contributed by atoms with Crippen LogP contribution in [0.2, 0.25) is 0 Å². The average Bonchev–Trinajstić information content (AvgIpc) is 2.53. The van der Waals surface area contributed by atoms with Crippen molar-refractivity contribution >= 4 is 0 Å². The molecule has 0 unspecified atom stereocenters. The van der Waals surface area contributed by atoms with E-state index in [4.69, 9.17) is 0 Å². The summed E-state index contributed by atoms with van der Waals surface area (Å²) < 4.78 is 1.74. The molecule has 5 nitrogen and oxygen atoms in total. The van der Waals surface area contributed by atoms with Crippen LogP contribution in [0.15, 0.2) is 6.33 Å². The van der Waals surface area contributed by atoms with Crippen LogP contribution in [0.1, 0.15) is 20.3 Å². The van der Waals surface area contributed by atoms with Crippen LogP contribution >= 0.6 is 0 Å². The van der Waals surface area contributed by atoms with E-state index in [1.807, 2.05) is 7.05 Å². The second kappa shape index (κ2) is 3.62. The number of nitrogens with zero attached hydrogens (tertiary/aromatic N) is 4. The molecule has 1 aromatic rings. The van der Waals surface area contributed by atoms with Crippen LogP contribution in [0.3, 0.4) is 0 Å². The highest BCUT2D eigenvalue weighted by Gasteiger charge is 2.14. The van der Waals surface area contributed by atoms with Gasteiger partial charge in [0, 0.05) is 12.1 Å². The Labute approximate surface area is 72.2 Å². The van der Waals surface area contributed by atoms with Crippen LogP contribution < -0.4 is 5.32 Å². The van der Waals surface area contributed by atoms with Gasteiger partial charge in [0.2, 0.25) is 0 Å². The molecule has 0 aliphatic heterocycles. The zero-order chi connectivity index (χ0) is 9.03. The fraction of sp³-hybridized carbons (Fsp3) is 0.857. The first kappa shape index (κ1) is 9.12. The molecular formula is C7H15N5. The predicted octanol–water partition coefficient (Wildman–Crippen LogP) is 0.0612. The lowest BCUT2D eigenvalue weighted by Crippen LogP contribution is -2.37. The Balaban J connectivity index is 2.36. The Morgan fingerprint density at radius 2 is 2.25 bits per heavy atom. The van der Waals surface area contributed by atoms with Crippen molar-refractivity contribution in [3.05, 3.63) is 6.33 Å². The van der Waals surface area contributed by atoms with Gasteiger partial charge in [-0.25, -0.2) is 4.68 Å². The summed E-state index contributed by atoms with van der Waals surface area (Å²) >= 11 is 0. The van der Waals surface area contributed by atoms with Crippen molar-refractivity contribution in [3.8, 4) is 0 Å². The summed E-state index contributed by atoms with van der Waals surface area (Å²) in [5, 5.41) is 14.1. The number of tetrazole rings is 1. The van der Waals surface area contributed by atoms with Crippen LogP contribution in [0.5, 0.6) is 0 Å². The summed E-state index contributed by atoms with van der Waals surface area (Å²) in [4.78, 5) is 0. The molecular weight excluding hydrogens is 154 g/mol. The van der Waals surface area contributed by atoms with E-state index in [-0.39, 0.29) is 5.54 Å². The Bertz CT molecular complexity index is 216. The van der Waals surface area contributed by atoms with E-state index in [1.54, 1.807) is 11.0 Å². The van der Waals surface area contributed by atoms with Crippen molar-refractivity contribution in [1.82, 2.24) is 25.5 Å². The van der Waals surface area contributed by atoms with Crippen LogP contribution in [0.4, 0.5) is 0 Å². The standard InChI is InChI=1S/C7H15N5/c1-7(2,8-3)4-5-12-6-9-10-11-12/h6,8H,4-5H2,1-3H3. The van der Waals surface area contributed by atoms with E-state index in [9.17, 15) is 0 Å². The molecule has 1 N–H and O–H groups in total. The Hall–Kier alpha value is -0.970. The smallest absolute Gasteiger partial charge is 0.138 e. The maximum Gasteiger partial charge on any atom is 0.138 e. The summed E-state index contributed by atoms with van der Waals surface area (Å²) in [7, 11) is 1.96. The highest BCUT2D eigenvalue weighted by molar-refractivity contribution is 4.74. The molecule has 0 spiro atoms. The van der Waals surface area contributed by atoms with E-state index >= 15 is 0 Å². The molecule has 12 heavy (non-hydrogen) atoms. The second-order valence-corrected chi connectivity index (χ2v) is 3.46.